The van der Waals surface area contributed by atoms with Crippen molar-refractivity contribution < 1.29 is 14.8 Å². The van der Waals surface area contributed by atoms with Crippen LogP contribution in [-0.2, 0) is 6.54 Å². The third-order valence-corrected chi connectivity index (χ3v) is 3.59. The second-order valence-electron chi connectivity index (χ2n) is 4.23. The van der Waals surface area contributed by atoms with Crippen LogP contribution >= 0.6 is 22.6 Å². The van der Waals surface area contributed by atoms with Gasteiger partial charge in [0.25, 0.3) is 5.69 Å². The molecule has 0 saturated carbocycles. The quantitative estimate of drug-likeness (QED) is 0.457. The lowest BCUT2D eigenvalue weighted by atomic mass is 10.1. The third-order valence-electron chi connectivity index (χ3n) is 2.87. The highest BCUT2D eigenvalue weighted by Crippen LogP contribution is 2.23. The number of nitrogens with zero attached hydrogens (tertiary/aromatic N) is 1. The molecule has 2 aromatic rings. The molecule has 21 heavy (non-hydrogen) atoms. The van der Waals surface area contributed by atoms with Crippen molar-refractivity contribution in [2.75, 3.05) is 5.32 Å². The largest absolute Gasteiger partial charge is 0.477 e. The Bertz CT molecular complexity index is 686. The molecule has 0 aliphatic rings. The van der Waals surface area contributed by atoms with Crippen LogP contribution in [-0.4, -0.2) is 16.0 Å². The lowest BCUT2D eigenvalue weighted by Gasteiger charge is -2.09. The molecule has 0 aromatic heterocycles. The van der Waals surface area contributed by atoms with E-state index in [9.17, 15) is 20.0 Å². The SMILES string of the molecule is O=C(O)c1c(CNc2ccc(I)cc2)cccc1[N+](=O)[O-]. The van der Waals surface area contributed by atoms with Crippen LogP contribution < -0.4 is 5.32 Å². The Labute approximate surface area is 134 Å². The van der Waals surface area contributed by atoms with E-state index in [4.69, 9.17) is 0 Å². The molecular weight excluding hydrogens is 387 g/mol. The Morgan fingerprint density at radius 2 is 1.90 bits per heavy atom. The number of hydrogen-bond acceptors (Lipinski definition) is 4. The average molecular weight is 398 g/mol. The summed E-state index contributed by atoms with van der Waals surface area (Å²) in [5.41, 5.74) is 0.512. The number of nitrogens with one attached hydrogen (secondary N) is 1. The van der Waals surface area contributed by atoms with Crippen LogP contribution in [0.4, 0.5) is 11.4 Å². The number of hydrogen-bond donors (Lipinski definition) is 2. The third kappa shape index (κ3) is 3.69. The lowest BCUT2D eigenvalue weighted by molar-refractivity contribution is -0.385. The number of carboxylic acid groups (broad SMARTS) is 1. The molecule has 2 N–H and O–H groups in total. The van der Waals surface area contributed by atoms with E-state index in [0.717, 1.165) is 9.26 Å². The molecule has 0 radical (unpaired) electrons. The number of carboxylic acids is 1. The van der Waals surface area contributed by atoms with Gasteiger partial charge in [0.1, 0.15) is 5.56 Å². The normalized spacial score (nSPS) is 10.1. The Hall–Kier alpha value is -2.16. The molecule has 0 aliphatic carbocycles. The first-order valence-corrected chi connectivity index (χ1v) is 7.06. The highest BCUT2D eigenvalue weighted by molar-refractivity contribution is 14.1. The van der Waals surface area contributed by atoms with Gasteiger partial charge in [-0.05, 0) is 52.4 Å². The summed E-state index contributed by atoms with van der Waals surface area (Å²) in [6.07, 6.45) is 0. The van der Waals surface area contributed by atoms with E-state index in [2.05, 4.69) is 27.9 Å². The summed E-state index contributed by atoms with van der Waals surface area (Å²) >= 11 is 2.18. The number of halogens is 1. The standard InChI is InChI=1S/C14H11IN2O4/c15-10-4-6-11(7-5-10)16-8-9-2-1-3-12(17(20)21)13(9)14(18)19/h1-7,16H,8H2,(H,18,19). The van der Waals surface area contributed by atoms with Crippen molar-refractivity contribution in [1.82, 2.24) is 0 Å². The van der Waals surface area contributed by atoms with E-state index in [1.54, 1.807) is 6.07 Å². The summed E-state index contributed by atoms with van der Waals surface area (Å²) in [5, 5.41) is 23.2. The predicted molar refractivity (Wildman–Crippen MR) is 86.5 cm³/mol. The lowest BCUT2D eigenvalue weighted by Crippen LogP contribution is -2.10. The molecule has 2 aromatic carbocycles. The van der Waals surface area contributed by atoms with Crippen LogP contribution in [0.2, 0.25) is 0 Å². The summed E-state index contributed by atoms with van der Waals surface area (Å²) in [5.74, 6) is -1.30. The molecule has 0 saturated heterocycles. The summed E-state index contributed by atoms with van der Waals surface area (Å²) in [7, 11) is 0. The minimum atomic E-state index is -1.30. The van der Waals surface area contributed by atoms with Crippen molar-refractivity contribution in [2.24, 2.45) is 0 Å². The van der Waals surface area contributed by atoms with Gasteiger partial charge in [-0.15, -0.1) is 0 Å². The Morgan fingerprint density at radius 1 is 1.24 bits per heavy atom. The summed E-state index contributed by atoms with van der Waals surface area (Å²) in [6.45, 7) is 0.198. The van der Waals surface area contributed by atoms with Gasteiger partial charge in [0.15, 0.2) is 0 Å². The van der Waals surface area contributed by atoms with Crippen molar-refractivity contribution in [3.05, 3.63) is 67.3 Å². The summed E-state index contributed by atoms with van der Waals surface area (Å²) in [4.78, 5) is 21.5. The second kappa shape index (κ2) is 6.53. The maximum Gasteiger partial charge on any atom is 0.343 e. The van der Waals surface area contributed by atoms with Gasteiger partial charge in [-0.25, -0.2) is 4.79 Å². The molecule has 0 unspecified atom stereocenters. The number of nitro benzene ring substituents is 1. The van der Waals surface area contributed by atoms with E-state index in [0.29, 0.717) is 5.56 Å². The van der Waals surface area contributed by atoms with Crippen LogP contribution in [0.3, 0.4) is 0 Å². The van der Waals surface area contributed by atoms with Gasteiger partial charge in [-0.1, -0.05) is 12.1 Å². The van der Waals surface area contributed by atoms with E-state index in [-0.39, 0.29) is 12.1 Å². The highest BCUT2D eigenvalue weighted by atomic mass is 127. The minimum absolute atomic E-state index is 0.198. The Kier molecular flexibility index (Phi) is 4.73. The van der Waals surface area contributed by atoms with Crippen LogP contribution in [0.25, 0.3) is 0 Å². The van der Waals surface area contributed by atoms with Crippen LogP contribution in [0.15, 0.2) is 42.5 Å². The van der Waals surface area contributed by atoms with E-state index in [1.807, 2.05) is 24.3 Å². The number of rotatable bonds is 5. The monoisotopic (exact) mass is 398 g/mol. The average Bonchev–Trinajstić information content (AvgIpc) is 2.46. The number of benzene rings is 2. The predicted octanol–water partition coefficient (Wildman–Crippen LogP) is 3.51. The van der Waals surface area contributed by atoms with Crippen molar-refractivity contribution >= 4 is 39.9 Å². The number of anilines is 1. The van der Waals surface area contributed by atoms with E-state index < -0.39 is 16.6 Å². The zero-order chi connectivity index (χ0) is 15.4. The van der Waals surface area contributed by atoms with Crippen molar-refractivity contribution in [1.29, 1.82) is 0 Å². The maximum atomic E-state index is 11.3. The molecular formula is C14H11IN2O4. The van der Waals surface area contributed by atoms with Crippen molar-refractivity contribution in [3.8, 4) is 0 Å². The number of nitro groups is 1. The van der Waals surface area contributed by atoms with E-state index in [1.165, 1.54) is 12.1 Å². The fourth-order valence-electron chi connectivity index (χ4n) is 1.90. The zero-order valence-electron chi connectivity index (χ0n) is 10.7. The summed E-state index contributed by atoms with van der Waals surface area (Å²) in [6, 6.07) is 11.8. The topological polar surface area (TPSA) is 92.5 Å². The van der Waals surface area contributed by atoms with Gasteiger partial charge >= 0.3 is 5.97 Å². The fourth-order valence-corrected chi connectivity index (χ4v) is 2.26. The highest BCUT2D eigenvalue weighted by Gasteiger charge is 2.23. The van der Waals surface area contributed by atoms with Gasteiger partial charge in [0.2, 0.25) is 0 Å². The van der Waals surface area contributed by atoms with Crippen molar-refractivity contribution in [2.45, 2.75) is 6.54 Å². The number of aromatic carboxylic acids is 1. The smallest absolute Gasteiger partial charge is 0.343 e. The van der Waals surface area contributed by atoms with Crippen LogP contribution in [0.5, 0.6) is 0 Å². The molecule has 0 amide bonds. The summed E-state index contributed by atoms with van der Waals surface area (Å²) < 4.78 is 1.08. The van der Waals surface area contributed by atoms with Gasteiger partial charge < -0.3 is 10.4 Å². The first-order chi connectivity index (χ1) is 9.99. The number of carbonyl (C=O) groups is 1. The minimum Gasteiger partial charge on any atom is -0.477 e. The van der Waals surface area contributed by atoms with Crippen LogP contribution in [0, 0.1) is 13.7 Å². The molecule has 108 valence electrons. The fraction of sp³-hybridized carbons (Fsp3) is 0.0714. The van der Waals surface area contributed by atoms with Gasteiger partial charge in [-0.2, -0.15) is 0 Å². The Morgan fingerprint density at radius 3 is 2.48 bits per heavy atom. The molecule has 0 fully saturated rings. The molecule has 0 atom stereocenters. The molecule has 0 spiro atoms. The molecule has 2 rings (SSSR count). The van der Waals surface area contributed by atoms with Crippen molar-refractivity contribution in [3.63, 3.8) is 0 Å². The van der Waals surface area contributed by atoms with E-state index >= 15 is 0 Å². The molecule has 0 aliphatic heterocycles. The molecule has 0 bridgehead atoms. The Balaban J connectivity index is 2.27. The molecule has 6 nitrogen and oxygen atoms in total. The van der Waals surface area contributed by atoms with Gasteiger partial charge in [0, 0.05) is 21.9 Å². The van der Waals surface area contributed by atoms with Gasteiger partial charge in [0.05, 0.1) is 4.92 Å². The zero-order valence-corrected chi connectivity index (χ0v) is 12.9. The van der Waals surface area contributed by atoms with Gasteiger partial charge in [-0.3, -0.25) is 10.1 Å². The first-order valence-electron chi connectivity index (χ1n) is 5.98. The maximum absolute atomic E-state index is 11.3. The molecule has 0 heterocycles. The second-order valence-corrected chi connectivity index (χ2v) is 5.48. The molecule has 7 heteroatoms. The van der Waals surface area contributed by atoms with Crippen LogP contribution in [0.1, 0.15) is 15.9 Å². The first kappa shape index (κ1) is 15.2.